The van der Waals surface area contributed by atoms with Gasteiger partial charge in [0.2, 0.25) is 0 Å². The van der Waals surface area contributed by atoms with Crippen LogP contribution in [0.1, 0.15) is 35.7 Å². The third kappa shape index (κ3) is 1.59. The Kier molecular flexibility index (Phi) is 2.10. The van der Waals surface area contributed by atoms with E-state index in [-0.39, 0.29) is 0 Å². The highest BCUT2D eigenvalue weighted by molar-refractivity contribution is 5.86. The van der Waals surface area contributed by atoms with Crippen molar-refractivity contribution in [3.05, 3.63) is 41.3 Å². The highest BCUT2D eigenvalue weighted by atomic mass is 15.4. The fraction of sp³-hybridized carbons (Fsp3) is 0.333. The van der Waals surface area contributed by atoms with Crippen molar-refractivity contribution in [2.45, 2.75) is 32.6 Å². The molecule has 1 fully saturated rings. The molecule has 0 spiro atoms. The van der Waals surface area contributed by atoms with Crippen molar-refractivity contribution in [2.24, 2.45) is 0 Å². The summed E-state index contributed by atoms with van der Waals surface area (Å²) in [5.74, 6) is 0.653. The summed E-state index contributed by atoms with van der Waals surface area (Å²) >= 11 is 0. The Morgan fingerprint density at radius 2 is 2.11 bits per heavy atom. The summed E-state index contributed by atoms with van der Waals surface area (Å²) in [6.07, 6.45) is 4.42. The molecule has 2 heterocycles. The van der Waals surface area contributed by atoms with Crippen molar-refractivity contribution < 1.29 is 0 Å². The Bertz CT molecular complexity index is 762. The number of rotatable bonds is 2. The van der Waals surface area contributed by atoms with E-state index in [4.69, 9.17) is 0 Å². The predicted molar refractivity (Wildman–Crippen MR) is 74.7 cm³/mol. The molecule has 4 heteroatoms. The van der Waals surface area contributed by atoms with Crippen LogP contribution in [0.4, 0.5) is 0 Å². The zero-order valence-corrected chi connectivity index (χ0v) is 11.1. The lowest BCUT2D eigenvalue weighted by molar-refractivity contribution is 0.764. The second-order valence-corrected chi connectivity index (χ2v) is 5.45. The molecule has 19 heavy (non-hydrogen) atoms. The number of hydrogen-bond donors (Lipinski definition) is 1. The molecule has 1 aliphatic rings. The number of nitrogens with zero attached hydrogens (tertiary/aromatic N) is 3. The van der Waals surface area contributed by atoms with E-state index in [0.717, 1.165) is 5.69 Å². The first kappa shape index (κ1) is 10.8. The van der Waals surface area contributed by atoms with Crippen LogP contribution in [-0.2, 0) is 0 Å². The van der Waals surface area contributed by atoms with Crippen LogP contribution < -0.4 is 0 Å². The van der Waals surface area contributed by atoms with Gasteiger partial charge in [0.1, 0.15) is 0 Å². The quantitative estimate of drug-likeness (QED) is 0.761. The topological polar surface area (TPSA) is 46.5 Å². The van der Waals surface area contributed by atoms with Gasteiger partial charge in [-0.1, -0.05) is 5.21 Å². The zero-order chi connectivity index (χ0) is 13.0. The zero-order valence-electron chi connectivity index (χ0n) is 11.1. The molecular weight excluding hydrogens is 236 g/mol. The van der Waals surface area contributed by atoms with Crippen LogP contribution in [0.2, 0.25) is 0 Å². The van der Waals surface area contributed by atoms with Gasteiger partial charge in [0.15, 0.2) is 0 Å². The highest BCUT2D eigenvalue weighted by Crippen LogP contribution is 2.40. The third-order valence-electron chi connectivity index (χ3n) is 4.11. The summed E-state index contributed by atoms with van der Waals surface area (Å²) in [4.78, 5) is 3.40. The normalized spacial score (nSPS) is 15.3. The van der Waals surface area contributed by atoms with Gasteiger partial charge in [-0.3, -0.25) is 0 Å². The molecular formula is C15H16N4. The minimum atomic E-state index is 0.653. The van der Waals surface area contributed by atoms with Gasteiger partial charge in [0, 0.05) is 22.5 Å². The largest absolute Gasteiger partial charge is 0.358 e. The monoisotopic (exact) mass is 252 g/mol. The molecule has 1 aromatic carbocycles. The molecule has 1 saturated carbocycles. The molecule has 0 aliphatic heterocycles. The van der Waals surface area contributed by atoms with Crippen molar-refractivity contribution in [3.63, 3.8) is 0 Å². The number of H-pyrrole nitrogens is 1. The highest BCUT2D eigenvalue weighted by Gasteiger charge is 2.28. The molecule has 0 unspecified atom stereocenters. The molecule has 96 valence electrons. The van der Waals surface area contributed by atoms with E-state index in [9.17, 15) is 0 Å². The Morgan fingerprint density at radius 3 is 2.89 bits per heavy atom. The van der Waals surface area contributed by atoms with E-state index in [1.54, 1.807) is 0 Å². The standard InChI is InChI=1S/C15H16N4/c1-9-10(2)17-14-6-5-12(7-13(9)14)19-15(8-16-18-19)11-3-4-11/h5-8,11,17H,3-4H2,1-2H3. The number of fused-ring (bicyclic) bond motifs is 1. The van der Waals surface area contributed by atoms with Gasteiger partial charge < -0.3 is 4.98 Å². The van der Waals surface area contributed by atoms with Gasteiger partial charge in [-0.25, -0.2) is 4.68 Å². The van der Waals surface area contributed by atoms with Crippen molar-refractivity contribution in [2.75, 3.05) is 0 Å². The van der Waals surface area contributed by atoms with E-state index in [1.807, 2.05) is 10.9 Å². The van der Waals surface area contributed by atoms with Crippen LogP contribution in [0, 0.1) is 13.8 Å². The van der Waals surface area contributed by atoms with E-state index >= 15 is 0 Å². The molecule has 0 amide bonds. The molecule has 4 nitrogen and oxygen atoms in total. The first-order valence-electron chi connectivity index (χ1n) is 6.74. The van der Waals surface area contributed by atoms with Gasteiger partial charge in [-0.05, 0) is 50.5 Å². The Balaban J connectivity index is 1.90. The summed E-state index contributed by atoms with van der Waals surface area (Å²) < 4.78 is 1.98. The van der Waals surface area contributed by atoms with Gasteiger partial charge in [-0.15, -0.1) is 5.10 Å². The van der Waals surface area contributed by atoms with Gasteiger partial charge >= 0.3 is 0 Å². The van der Waals surface area contributed by atoms with Crippen LogP contribution in [0.25, 0.3) is 16.6 Å². The van der Waals surface area contributed by atoms with Crippen LogP contribution in [-0.4, -0.2) is 20.0 Å². The lowest BCUT2D eigenvalue weighted by atomic mass is 10.1. The smallest absolute Gasteiger partial charge is 0.0732 e. The van der Waals surface area contributed by atoms with Crippen LogP contribution in [0.3, 0.4) is 0 Å². The number of nitrogens with one attached hydrogen (secondary N) is 1. The number of aromatic nitrogens is 4. The van der Waals surface area contributed by atoms with Gasteiger partial charge in [0.05, 0.1) is 17.6 Å². The minimum absolute atomic E-state index is 0.653. The first-order valence-corrected chi connectivity index (χ1v) is 6.74. The van der Waals surface area contributed by atoms with Gasteiger partial charge in [0.25, 0.3) is 0 Å². The molecule has 0 saturated heterocycles. The summed E-state index contributed by atoms with van der Waals surface area (Å²) in [6.45, 7) is 4.27. The fourth-order valence-corrected chi connectivity index (χ4v) is 2.68. The Labute approximate surface area is 111 Å². The molecule has 1 aliphatic carbocycles. The first-order chi connectivity index (χ1) is 9.24. The summed E-state index contributed by atoms with van der Waals surface area (Å²) in [5, 5.41) is 9.59. The molecule has 3 aromatic rings. The fourth-order valence-electron chi connectivity index (χ4n) is 2.68. The predicted octanol–water partition coefficient (Wildman–Crippen LogP) is 3.24. The second kappa shape index (κ2) is 3.70. The number of aromatic amines is 1. The van der Waals surface area contributed by atoms with Crippen molar-refractivity contribution in [1.82, 2.24) is 20.0 Å². The average molecular weight is 252 g/mol. The third-order valence-corrected chi connectivity index (χ3v) is 4.11. The summed E-state index contributed by atoms with van der Waals surface area (Å²) in [6, 6.07) is 6.44. The van der Waals surface area contributed by atoms with E-state index < -0.39 is 0 Å². The molecule has 4 rings (SSSR count). The maximum atomic E-state index is 4.25. The lowest BCUT2D eigenvalue weighted by Gasteiger charge is -2.05. The van der Waals surface area contributed by atoms with E-state index in [2.05, 4.69) is 47.3 Å². The maximum Gasteiger partial charge on any atom is 0.0732 e. The van der Waals surface area contributed by atoms with Crippen LogP contribution in [0.15, 0.2) is 24.4 Å². The number of benzene rings is 1. The molecule has 0 radical (unpaired) electrons. The van der Waals surface area contributed by atoms with Crippen molar-refractivity contribution >= 4 is 10.9 Å². The summed E-state index contributed by atoms with van der Waals surface area (Å²) in [7, 11) is 0. The second-order valence-electron chi connectivity index (χ2n) is 5.45. The molecule has 1 N–H and O–H groups in total. The lowest BCUT2D eigenvalue weighted by Crippen LogP contribution is -2.01. The average Bonchev–Trinajstić information content (AvgIpc) is 3.08. The van der Waals surface area contributed by atoms with Crippen molar-refractivity contribution in [3.8, 4) is 5.69 Å². The Hall–Kier alpha value is -2.10. The number of hydrogen-bond acceptors (Lipinski definition) is 2. The van der Waals surface area contributed by atoms with E-state index in [1.165, 1.54) is 40.7 Å². The van der Waals surface area contributed by atoms with Crippen LogP contribution in [0.5, 0.6) is 0 Å². The maximum absolute atomic E-state index is 4.25. The molecule has 0 bridgehead atoms. The van der Waals surface area contributed by atoms with Crippen molar-refractivity contribution in [1.29, 1.82) is 0 Å². The van der Waals surface area contributed by atoms with Gasteiger partial charge in [-0.2, -0.15) is 0 Å². The van der Waals surface area contributed by atoms with Crippen LogP contribution >= 0.6 is 0 Å². The SMILES string of the molecule is Cc1[nH]c2ccc(-n3nncc3C3CC3)cc2c1C. The van der Waals surface area contributed by atoms with E-state index in [0.29, 0.717) is 5.92 Å². The Morgan fingerprint density at radius 1 is 1.26 bits per heavy atom. The summed E-state index contributed by atoms with van der Waals surface area (Å²) in [5.41, 5.74) is 6.07. The molecule has 0 atom stereocenters. The minimum Gasteiger partial charge on any atom is -0.358 e. The number of aryl methyl sites for hydroxylation is 2. The molecule has 2 aromatic heterocycles.